The van der Waals surface area contributed by atoms with Crippen LogP contribution in [0.4, 0.5) is 0 Å². The first-order valence-corrected chi connectivity index (χ1v) is 2.94. The zero-order valence-electron chi connectivity index (χ0n) is 6.07. The Morgan fingerprint density at radius 2 is 2.40 bits per heavy atom. The first kappa shape index (κ1) is 7.08. The number of hydrogen-bond donors (Lipinski definition) is 0. The molecule has 0 unspecified atom stereocenters. The van der Waals surface area contributed by atoms with Gasteiger partial charge in [0.15, 0.2) is 0 Å². The second-order valence-corrected chi connectivity index (χ2v) is 1.82. The molecule has 0 N–H and O–H groups in total. The normalized spacial score (nSPS) is 17.0. The van der Waals surface area contributed by atoms with Crippen LogP contribution in [0.2, 0.25) is 0 Å². The van der Waals surface area contributed by atoms with Gasteiger partial charge >= 0.3 is 0 Å². The molecule has 10 heavy (non-hydrogen) atoms. The van der Waals surface area contributed by atoms with E-state index in [4.69, 9.17) is 9.57 Å². The highest BCUT2D eigenvalue weighted by molar-refractivity contribution is 5.56. The topological polar surface area (TPSA) is 34.1 Å². The lowest BCUT2D eigenvalue weighted by Gasteiger charge is -2.19. The number of aliphatic imine (C=N–C) groups is 1. The molecule has 1 aliphatic rings. The van der Waals surface area contributed by atoms with E-state index in [9.17, 15) is 0 Å². The van der Waals surface area contributed by atoms with Crippen molar-refractivity contribution in [1.82, 2.24) is 5.06 Å². The minimum atomic E-state index is 0.622. The molecule has 0 aromatic heterocycles. The van der Waals surface area contributed by atoms with Crippen molar-refractivity contribution >= 4 is 6.34 Å². The summed E-state index contributed by atoms with van der Waals surface area (Å²) < 4.78 is 4.95. The molecule has 0 bridgehead atoms. The highest BCUT2D eigenvalue weighted by Gasteiger charge is 2.06. The quantitative estimate of drug-likeness (QED) is 0.559. The van der Waals surface area contributed by atoms with Gasteiger partial charge in [-0.3, -0.25) is 4.84 Å². The number of hydrogen-bond acceptors (Lipinski definition) is 4. The molecule has 0 saturated heterocycles. The van der Waals surface area contributed by atoms with Crippen LogP contribution < -0.4 is 0 Å². The molecular formula is C6H10N2O2. The predicted octanol–water partition coefficient (Wildman–Crippen LogP) is 0.379. The molecule has 0 spiro atoms. The summed E-state index contributed by atoms with van der Waals surface area (Å²) in [7, 11) is 3.20. The Kier molecular flexibility index (Phi) is 2.28. The number of nitrogens with zero attached hydrogens (tertiary/aromatic N) is 2. The monoisotopic (exact) mass is 142 g/mol. The van der Waals surface area contributed by atoms with Crippen molar-refractivity contribution in [2.75, 3.05) is 20.8 Å². The van der Waals surface area contributed by atoms with Crippen molar-refractivity contribution < 1.29 is 9.57 Å². The fourth-order valence-corrected chi connectivity index (χ4v) is 0.655. The molecule has 4 heteroatoms. The van der Waals surface area contributed by atoms with Gasteiger partial charge in [-0.1, -0.05) is 0 Å². The zero-order valence-corrected chi connectivity index (χ0v) is 6.07. The number of ether oxygens (including phenoxy) is 1. The SMILES string of the molecule is COC1=CN=CN(OC)C1. The van der Waals surface area contributed by atoms with Crippen LogP contribution in [0.5, 0.6) is 0 Å². The highest BCUT2D eigenvalue weighted by Crippen LogP contribution is 2.03. The summed E-state index contributed by atoms with van der Waals surface area (Å²) in [5.74, 6) is 0.796. The summed E-state index contributed by atoms with van der Waals surface area (Å²) in [6.07, 6.45) is 3.26. The van der Waals surface area contributed by atoms with Gasteiger partial charge in [0.1, 0.15) is 18.6 Å². The van der Waals surface area contributed by atoms with Crippen LogP contribution in [0.15, 0.2) is 17.0 Å². The summed E-state index contributed by atoms with van der Waals surface area (Å²) in [4.78, 5) is 8.76. The van der Waals surface area contributed by atoms with Crippen LogP contribution in [-0.4, -0.2) is 32.2 Å². The van der Waals surface area contributed by atoms with Gasteiger partial charge in [-0.05, 0) is 0 Å². The molecular weight excluding hydrogens is 132 g/mol. The second kappa shape index (κ2) is 3.22. The fourth-order valence-electron chi connectivity index (χ4n) is 0.655. The smallest absolute Gasteiger partial charge is 0.136 e. The summed E-state index contributed by atoms with van der Waals surface area (Å²) in [5.41, 5.74) is 0. The van der Waals surface area contributed by atoms with Crippen LogP contribution in [0.1, 0.15) is 0 Å². The molecule has 1 rings (SSSR count). The second-order valence-electron chi connectivity index (χ2n) is 1.82. The number of rotatable bonds is 2. The molecule has 0 aromatic carbocycles. The Bertz CT molecular complexity index is 165. The lowest BCUT2D eigenvalue weighted by molar-refractivity contribution is -0.0610. The Morgan fingerprint density at radius 3 is 3.00 bits per heavy atom. The van der Waals surface area contributed by atoms with E-state index in [-0.39, 0.29) is 0 Å². The first-order valence-electron chi connectivity index (χ1n) is 2.94. The van der Waals surface area contributed by atoms with Gasteiger partial charge in [0.05, 0.1) is 20.4 Å². The highest BCUT2D eigenvalue weighted by atomic mass is 16.7. The van der Waals surface area contributed by atoms with E-state index in [1.807, 2.05) is 0 Å². The fraction of sp³-hybridized carbons (Fsp3) is 0.500. The molecule has 0 amide bonds. The van der Waals surface area contributed by atoms with Crippen LogP contribution in [0.25, 0.3) is 0 Å². The molecule has 1 aliphatic heterocycles. The van der Waals surface area contributed by atoms with Crippen LogP contribution in [-0.2, 0) is 9.57 Å². The molecule has 0 aromatic rings. The van der Waals surface area contributed by atoms with Crippen molar-refractivity contribution in [2.24, 2.45) is 4.99 Å². The zero-order chi connectivity index (χ0) is 7.40. The van der Waals surface area contributed by atoms with Crippen LogP contribution in [0.3, 0.4) is 0 Å². The van der Waals surface area contributed by atoms with E-state index < -0.39 is 0 Å². The van der Waals surface area contributed by atoms with Gasteiger partial charge in [-0.15, -0.1) is 0 Å². The maximum absolute atomic E-state index is 4.95. The first-order chi connectivity index (χ1) is 4.86. The standard InChI is InChI=1S/C6H10N2O2/c1-9-6-3-7-5-8(4-6)10-2/h3,5H,4H2,1-2H3. The molecule has 0 atom stereocenters. The lowest BCUT2D eigenvalue weighted by Crippen LogP contribution is -2.25. The van der Waals surface area contributed by atoms with Gasteiger partial charge in [-0.2, -0.15) is 0 Å². The molecule has 1 heterocycles. The number of methoxy groups -OCH3 is 1. The molecule has 0 radical (unpaired) electrons. The van der Waals surface area contributed by atoms with Gasteiger partial charge < -0.3 is 4.74 Å². The van der Waals surface area contributed by atoms with Crippen LogP contribution >= 0.6 is 0 Å². The Balaban J connectivity index is 2.50. The van der Waals surface area contributed by atoms with Crippen molar-refractivity contribution in [1.29, 1.82) is 0 Å². The van der Waals surface area contributed by atoms with Gasteiger partial charge in [0, 0.05) is 0 Å². The molecule has 0 saturated carbocycles. The Hall–Kier alpha value is -1.03. The van der Waals surface area contributed by atoms with E-state index in [0.29, 0.717) is 6.54 Å². The van der Waals surface area contributed by atoms with Crippen LogP contribution in [0, 0.1) is 0 Å². The maximum atomic E-state index is 4.95. The molecule has 56 valence electrons. The summed E-state index contributed by atoms with van der Waals surface area (Å²) in [6.45, 7) is 0.622. The largest absolute Gasteiger partial charge is 0.497 e. The summed E-state index contributed by atoms with van der Waals surface area (Å²) >= 11 is 0. The van der Waals surface area contributed by atoms with Crippen molar-refractivity contribution in [3.63, 3.8) is 0 Å². The third-order valence-corrected chi connectivity index (χ3v) is 1.22. The minimum Gasteiger partial charge on any atom is -0.497 e. The summed E-state index contributed by atoms with van der Waals surface area (Å²) in [6, 6.07) is 0. The van der Waals surface area contributed by atoms with E-state index >= 15 is 0 Å². The maximum Gasteiger partial charge on any atom is 0.136 e. The van der Waals surface area contributed by atoms with E-state index in [1.54, 1.807) is 31.8 Å². The van der Waals surface area contributed by atoms with Crippen molar-refractivity contribution in [3.05, 3.63) is 12.0 Å². The van der Waals surface area contributed by atoms with Crippen molar-refractivity contribution in [3.8, 4) is 0 Å². The molecule has 4 nitrogen and oxygen atoms in total. The van der Waals surface area contributed by atoms with Gasteiger partial charge in [-0.25, -0.2) is 10.1 Å². The van der Waals surface area contributed by atoms with E-state index in [0.717, 1.165) is 5.76 Å². The summed E-state index contributed by atoms with van der Waals surface area (Å²) in [5, 5.41) is 1.58. The number of hydroxylamine groups is 2. The van der Waals surface area contributed by atoms with Crippen molar-refractivity contribution in [2.45, 2.75) is 0 Å². The molecule has 0 aliphatic carbocycles. The Morgan fingerprint density at radius 1 is 1.60 bits per heavy atom. The minimum absolute atomic E-state index is 0.622. The van der Waals surface area contributed by atoms with E-state index in [2.05, 4.69) is 4.99 Å². The third-order valence-electron chi connectivity index (χ3n) is 1.22. The average molecular weight is 142 g/mol. The average Bonchev–Trinajstić information content (AvgIpc) is 2.05. The van der Waals surface area contributed by atoms with E-state index in [1.165, 1.54) is 0 Å². The molecule has 0 fully saturated rings. The lowest BCUT2D eigenvalue weighted by atomic mass is 10.5. The van der Waals surface area contributed by atoms with Gasteiger partial charge in [0.2, 0.25) is 0 Å². The van der Waals surface area contributed by atoms with Gasteiger partial charge in [0.25, 0.3) is 0 Å². The Labute approximate surface area is 59.7 Å². The third kappa shape index (κ3) is 1.48. The predicted molar refractivity (Wildman–Crippen MR) is 37.3 cm³/mol.